The van der Waals surface area contributed by atoms with E-state index in [4.69, 9.17) is 117 Å². The smallest absolute Gasteiger partial charge is 0.418 e. The highest BCUT2D eigenvalue weighted by Crippen LogP contribution is 2.46. The van der Waals surface area contributed by atoms with Gasteiger partial charge in [0.2, 0.25) is 35.2 Å². The van der Waals surface area contributed by atoms with E-state index in [-0.39, 0.29) is 64.6 Å². The van der Waals surface area contributed by atoms with Gasteiger partial charge in [0, 0.05) is 80.2 Å². The molecule has 135 heavy (non-hydrogen) atoms. The summed E-state index contributed by atoms with van der Waals surface area (Å²) in [4.78, 5) is 75.0. The van der Waals surface area contributed by atoms with Gasteiger partial charge in [-0.25, -0.2) is 0 Å². The molecule has 4 amide bonds. The number of rotatable bonds is 17. The lowest BCUT2D eigenvalue weighted by atomic mass is 10.0. The van der Waals surface area contributed by atoms with Crippen LogP contribution in [0.4, 0.5) is 13.2 Å². The largest absolute Gasteiger partial charge is 0.573 e. The summed E-state index contributed by atoms with van der Waals surface area (Å²) >= 11 is 44.2. The molecule has 690 valence electrons. The van der Waals surface area contributed by atoms with Gasteiger partial charge in [-0.3, -0.25) is 19.2 Å². The molecule has 8 aromatic heterocycles. The molecular formula is C96H78Cl7F3N16O13. The molecule has 4 fully saturated rings. The quantitative estimate of drug-likeness (QED) is 0.0817. The van der Waals surface area contributed by atoms with E-state index in [0.717, 1.165) is 65.1 Å². The Bertz CT molecular complexity index is 6640. The first-order valence-corrected chi connectivity index (χ1v) is 45.3. The second-order valence-electron chi connectivity index (χ2n) is 32.0. The van der Waals surface area contributed by atoms with E-state index in [1.807, 2.05) is 130 Å². The highest BCUT2D eigenvalue weighted by atomic mass is 35.5. The highest BCUT2D eigenvalue weighted by molar-refractivity contribution is 6.35. The summed E-state index contributed by atoms with van der Waals surface area (Å²) < 4.78 is 86.6. The lowest BCUT2D eigenvalue weighted by Gasteiger charge is -2.22. The average molecular weight is 1970 g/mol. The van der Waals surface area contributed by atoms with Gasteiger partial charge in [-0.15, -0.1) is 23.4 Å². The van der Waals surface area contributed by atoms with Crippen LogP contribution < -0.4 is 4.74 Å². The van der Waals surface area contributed by atoms with Crippen molar-refractivity contribution in [1.82, 2.24) is 80.8 Å². The zero-order valence-electron chi connectivity index (χ0n) is 72.8. The first-order chi connectivity index (χ1) is 65.1. The van der Waals surface area contributed by atoms with Crippen molar-refractivity contribution < 1.29 is 73.2 Å². The van der Waals surface area contributed by atoms with Crippen molar-refractivity contribution in [1.29, 1.82) is 0 Å². The summed E-state index contributed by atoms with van der Waals surface area (Å²) in [5, 5.41) is 40.9. The number of likely N-dealkylation sites (tertiary alicyclic amines) is 4. The third-order valence-electron chi connectivity index (χ3n) is 23.7. The molecule has 4 aliphatic heterocycles. The summed E-state index contributed by atoms with van der Waals surface area (Å²) in [7, 11) is 0. The van der Waals surface area contributed by atoms with Gasteiger partial charge in [0.1, 0.15) is 91.9 Å². The molecule has 12 heterocycles. The number of alkyl halides is 3. The Balaban J connectivity index is 0.000000125. The summed E-state index contributed by atoms with van der Waals surface area (Å²) in [5.41, 5.74) is 10.5. The van der Waals surface area contributed by atoms with Crippen molar-refractivity contribution in [3.05, 3.63) is 297 Å². The minimum Gasteiger partial charge on any atom is -0.418 e. The number of hydrogen-bond acceptors (Lipinski definition) is 25. The molecule has 0 radical (unpaired) electrons. The van der Waals surface area contributed by atoms with Gasteiger partial charge in [0.15, 0.2) is 5.82 Å². The minimum absolute atomic E-state index is 0.0107. The van der Waals surface area contributed by atoms with E-state index in [1.165, 1.54) is 18.2 Å². The SMILES string of the molecule is Cc1onc(-c2ccccc2Cl)c1C(=O)N1CCC[C@H]1c1nc(-c2cccc(Cl)c2C)no1.Cc1onc(-c2ccccc2Cl)c1C(=O)N1CCC[C@H]1c1nc(-c2ccccc2OC(F)(F)F)no1.Cc1onc(-c2ccccc2Cl)c1C(=O)N1CCC[C@H]1c1nnc(-c2cccc(Cl)c2C)o1.Cc1onc(-c2ccccc2Cl)c1C(=O)N1CCC[C@H]1c1noc(-c2cccc(Cl)c2C)n1. The van der Waals surface area contributed by atoms with Crippen LogP contribution in [0.2, 0.25) is 35.2 Å². The molecule has 0 bridgehead atoms. The Morgan fingerprint density at radius 3 is 1.02 bits per heavy atom. The molecule has 0 aliphatic carbocycles. The highest BCUT2D eigenvalue weighted by Gasteiger charge is 2.44. The van der Waals surface area contributed by atoms with Gasteiger partial charge in [-0.05, 0) is 183 Å². The monoisotopic (exact) mass is 1960 g/mol. The van der Waals surface area contributed by atoms with Crippen LogP contribution in [0.15, 0.2) is 212 Å². The van der Waals surface area contributed by atoms with E-state index in [0.29, 0.717) is 207 Å². The van der Waals surface area contributed by atoms with Crippen molar-refractivity contribution in [2.75, 3.05) is 26.2 Å². The molecule has 4 saturated heterocycles. The molecule has 8 aromatic carbocycles. The van der Waals surface area contributed by atoms with Crippen LogP contribution >= 0.6 is 81.2 Å². The Morgan fingerprint density at radius 1 is 0.326 bits per heavy atom. The number of carbonyl (C=O) groups is 4. The lowest BCUT2D eigenvalue weighted by molar-refractivity contribution is -0.274. The third-order valence-corrected chi connectivity index (χ3v) is 26.2. The van der Waals surface area contributed by atoms with Crippen molar-refractivity contribution in [2.24, 2.45) is 0 Å². The number of aryl methyl sites for hydroxylation is 4. The molecule has 4 atom stereocenters. The number of hydrogen-bond donors (Lipinski definition) is 0. The van der Waals surface area contributed by atoms with Crippen molar-refractivity contribution in [3.63, 3.8) is 0 Å². The second kappa shape index (κ2) is 40.1. The summed E-state index contributed by atoms with van der Waals surface area (Å²) in [5.74, 6) is 2.67. The summed E-state index contributed by atoms with van der Waals surface area (Å²) in [6, 6.07) is 49.2. The minimum atomic E-state index is -4.88. The van der Waals surface area contributed by atoms with Gasteiger partial charge in [-0.2, -0.15) is 15.0 Å². The van der Waals surface area contributed by atoms with E-state index < -0.39 is 18.2 Å². The van der Waals surface area contributed by atoms with Gasteiger partial charge in [-0.1, -0.05) is 226 Å². The van der Waals surface area contributed by atoms with Crippen molar-refractivity contribution in [2.45, 2.75) is 130 Å². The topological polar surface area (TPSA) is 350 Å². The molecule has 0 N–H and O–H groups in total. The van der Waals surface area contributed by atoms with Crippen LogP contribution in [-0.2, 0) is 0 Å². The first kappa shape index (κ1) is 93.5. The fourth-order valence-electron chi connectivity index (χ4n) is 16.8. The Kier molecular flexibility index (Phi) is 27.7. The number of aromatic nitrogens is 12. The molecule has 39 heteroatoms. The maximum atomic E-state index is 13.7. The Hall–Kier alpha value is -13.3. The zero-order valence-corrected chi connectivity index (χ0v) is 78.1. The van der Waals surface area contributed by atoms with E-state index in [9.17, 15) is 32.3 Å². The van der Waals surface area contributed by atoms with Crippen LogP contribution in [0.25, 0.3) is 90.7 Å². The number of nitrogens with zero attached hydrogens (tertiary/aromatic N) is 16. The molecule has 0 unspecified atom stereocenters. The van der Waals surface area contributed by atoms with Crippen LogP contribution in [-0.4, -0.2) is 137 Å². The predicted molar refractivity (Wildman–Crippen MR) is 494 cm³/mol. The Labute approximate surface area is 803 Å². The van der Waals surface area contributed by atoms with Crippen LogP contribution in [0.1, 0.15) is 180 Å². The van der Waals surface area contributed by atoms with E-state index >= 15 is 0 Å². The zero-order chi connectivity index (χ0) is 94.8. The first-order valence-electron chi connectivity index (χ1n) is 42.6. The molecule has 16 aromatic rings. The number of ether oxygens (including phenoxy) is 1. The molecule has 4 aliphatic rings. The summed E-state index contributed by atoms with van der Waals surface area (Å²) in [6.45, 7) is 14.6. The van der Waals surface area contributed by atoms with Gasteiger partial charge >= 0.3 is 6.36 Å². The van der Waals surface area contributed by atoms with Crippen LogP contribution in [0, 0.1) is 48.5 Å². The lowest BCUT2D eigenvalue weighted by Crippen LogP contribution is -2.31. The molecule has 0 spiro atoms. The predicted octanol–water partition coefficient (Wildman–Crippen LogP) is 25.1. The number of para-hydroxylation sites is 1. The van der Waals surface area contributed by atoms with Gasteiger partial charge in [0.05, 0.1) is 31.7 Å². The maximum Gasteiger partial charge on any atom is 0.573 e. The Morgan fingerprint density at radius 2 is 0.637 bits per heavy atom. The standard InChI is InChI=1S/3C24H20Cl2N4O3.C24H18ClF3N4O4/c1-13-15(8-5-10-17(13)25)23-27-22(29-33-23)19-11-6-12-30(19)24(31)20-14(2)32-28-21(20)16-7-3-4-9-18(16)26;1-13-15(8-5-10-17(13)25)22-27-28-23(32-22)19-11-6-12-30(19)24(31)20-14(2)33-29-21(20)16-7-3-4-9-18(16)26;1-13-15(8-5-10-17(13)25)22-27-23(33-29-22)19-11-6-12-30(19)24(31)20-14(2)32-28-21(20)16-7-3-4-9-18(16)26;1-13-19(20(30-35-13)14-7-2-4-9-16(14)25)23(33)32-12-6-10-17(32)22-29-21(31-36-22)15-8-3-5-11-18(15)34-24(26,27)28/h3*3-5,7-10,19H,6,11-12H2,1-2H3;2-5,7-9,11,17H,6,10,12H2,1H3/t3*19-;17-/m0000/s1. The van der Waals surface area contributed by atoms with E-state index in [2.05, 4.69) is 66.0 Å². The van der Waals surface area contributed by atoms with Crippen molar-refractivity contribution in [3.8, 4) is 96.5 Å². The van der Waals surface area contributed by atoms with E-state index in [1.54, 1.807) is 89.8 Å². The number of halogens is 10. The normalized spacial score (nSPS) is 15.9. The third kappa shape index (κ3) is 19.3. The molecule has 0 saturated carbocycles. The fourth-order valence-corrected chi connectivity index (χ4v) is 18.2. The average Bonchev–Trinajstić information content (AvgIpc) is 1.64. The number of amides is 4. The fraction of sp³-hybridized carbons (Fsp3) is 0.250. The number of benzene rings is 8. The van der Waals surface area contributed by atoms with Crippen molar-refractivity contribution >= 4 is 105 Å². The number of carbonyl (C=O) groups excluding carboxylic acids is 4. The summed E-state index contributed by atoms with van der Waals surface area (Å²) in [6.07, 6.45) is 0.918. The van der Waals surface area contributed by atoms with Gasteiger partial charge in [0.25, 0.3) is 29.5 Å². The second-order valence-corrected chi connectivity index (χ2v) is 34.8. The maximum absolute atomic E-state index is 13.7. The molecular weight excluding hydrogens is 1890 g/mol. The van der Waals surface area contributed by atoms with Crippen LogP contribution in [0.5, 0.6) is 5.75 Å². The molecule has 29 nitrogen and oxygen atoms in total. The molecule has 20 rings (SSSR count). The van der Waals surface area contributed by atoms with Crippen LogP contribution in [0.3, 0.4) is 0 Å². The van der Waals surface area contributed by atoms with Gasteiger partial charge < -0.3 is 60.4 Å².